The summed E-state index contributed by atoms with van der Waals surface area (Å²) in [5.41, 5.74) is 5.07. The van der Waals surface area contributed by atoms with E-state index in [1.165, 1.54) is 16.8 Å². The van der Waals surface area contributed by atoms with Gasteiger partial charge in [0.1, 0.15) is 5.82 Å². The largest absolute Gasteiger partial charge is 0.299 e. The highest BCUT2D eigenvalue weighted by Gasteiger charge is 2.19. The Balaban J connectivity index is 2.29. The Labute approximate surface area is 152 Å². The van der Waals surface area contributed by atoms with E-state index in [9.17, 15) is 0 Å². The van der Waals surface area contributed by atoms with Crippen molar-refractivity contribution in [1.29, 1.82) is 0 Å². The molecule has 1 heterocycles. The van der Waals surface area contributed by atoms with Crippen molar-refractivity contribution in [2.24, 2.45) is 0 Å². The zero-order valence-electron chi connectivity index (χ0n) is 14.6. The molecule has 2 aromatic carbocycles. The lowest BCUT2D eigenvalue weighted by molar-refractivity contribution is 0.805. The summed E-state index contributed by atoms with van der Waals surface area (Å²) in [4.78, 5) is 4.64. The van der Waals surface area contributed by atoms with E-state index < -0.39 is 0 Å². The lowest BCUT2D eigenvalue weighted by Gasteiger charge is -2.22. The Hall–Kier alpha value is -1.87. The van der Waals surface area contributed by atoms with Crippen LogP contribution in [-0.4, -0.2) is 9.55 Å². The third-order valence-corrected chi connectivity index (χ3v) is 4.75. The first kappa shape index (κ1) is 17.0. The van der Waals surface area contributed by atoms with Gasteiger partial charge in [-0.05, 0) is 35.1 Å². The highest BCUT2D eigenvalue weighted by Crippen LogP contribution is 2.36. The molecule has 0 aliphatic rings. The van der Waals surface area contributed by atoms with E-state index in [4.69, 9.17) is 0 Å². The molecule has 3 heteroatoms. The highest BCUT2D eigenvalue weighted by molar-refractivity contribution is 9.10. The summed E-state index contributed by atoms with van der Waals surface area (Å²) in [6.07, 6.45) is 3.96. The van der Waals surface area contributed by atoms with Crippen molar-refractivity contribution in [2.45, 2.75) is 39.5 Å². The van der Waals surface area contributed by atoms with Gasteiger partial charge in [0, 0.05) is 22.4 Å². The van der Waals surface area contributed by atoms with Gasteiger partial charge in [-0.3, -0.25) is 4.57 Å². The van der Waals surface area contributed by atoms with Gasteiger partial charge in [0.25, 0.3) is 0 Å². The predicted octanol–water partition coefficient (Wildman–Crippen LogP) is 6.55. The Bertz CT molecular complexity index is 803. The SMILES string of the molecule is CC(C)c1cc(Br)cc(C(C)C)c1-n1ccnc1-c1ccccc1. The zero-order chi connectivity index (χ0) is 17.3. The fourth-order valence-corrected chi connectivity index (χ4v) is 3.58. The van der Waals surface area contributed by atoms with E-state index >= 15 is 0 Å². The Kier molecular flexibility index (Phi) is 4.91. The van der Waals surface area contributed by atoms with Crippen LogP contribution in [0.4, 0.5) is 0 Å². The molecule has 0 radical (unpaired) electrons. The molecule has 0 atom stereocenters. The molecule has 0 aliphatic heterocycles. The smallest absolute Gasteiger partial charge is 0.144 e. The second kappa shape index (κ2) is 6.94. The summed E-state index contributed by atoms with van der Waals surface area (Å²) < 4.78 is 3.38. The second-order valence-electron chi connectivity index (χ2n) is 6.73. The third kappa shape index (κ3) is 3.18. The topological polar surface area (TPSA) is 17.8 Å². The summed E-state index contributed by atoms with van der Waals surface area (Å²) in [6, 6.07) is 14.9. The van der Waals surface area contributed by atoms with Crippen molar-refractivity contribution in [3.63, 3.8) is 0 Å². The highest BCUT2D eigenvalue weighted by atomic mass is 79.9. The number of hydrogen-bond donors (Lipinski definition) is 0. The van der Waals surface area contributed by atoms with Crippen LogP contribution in [0.25, 0.3) is 17.1 Å². The van der Waals surface area contributed by atoms with Gasteiger partial charge in [0.05, 0.1) is 5.69 Å². The molecule has 0 saturated heterocycles. The number of halogens is 1. The Morgan fingerprint density at radius 3 is 2.04 bits per heavy atom. The molecule has 0 saturated carbocycles. The van der Waals surface area contributed by atoms with Gasteiger partial charge in [-0.25, -0.2) is 4.98 Å². The number of hydrogen-bond acceptors (Lipinski definition) is 1. The van der Waals surface area contributed by atoms with Crippen LogP contribution < -0.4 is 0 Å². The maximum absolute atomic E-state index is 4.64. The molecule has 2 nitrogen and oxygen atoms in total. The molecule has 0 fully saturated rings. The molecule has 3 aromatic rings. The first-order valence-corrected chi connectivity index (χ1v) is 9.20. The van der Waals surface area contributed by atoms with Crippen LogP contribution in [-0.2, 0) is 0 Å². The molecular weight excluding hydrogens is 360 g/mol. The van der Waals surface area contributed by atoms with Crippen LogP contribution in [0, 0.1) is 0 Å². The Morgan fingerprint density at radius 2 is 1.50 bits per heavy atom. The van der Waals surface area contributed by atoms with Crippen molar-refractivity contribution >= 4 is 15.9 Å². The predicted molar refractivity (Wildman–Crippen MR) is 105 cm³/mol. The molecule has 124 valence electrons. The molecule has 1 aromatic heterocycles. The Morgan fingerprint density at radius 1 is 0.917 bits per heavy atom. The maximum atomic E-state index is 4.64. The van der Waals surface area contributed by atoms with Gasteiger partial charge < -0.3 is 0 Å². The minimum absolute atomic E-state index is 0.432. The second-order valence-corrected chi connectivity index (χ2v) is 7.64. The third-order valence-electron chi connectivity index (χ3n) is 4.29. The summed E-state index contributed by atoms with van der Waals surface area (Å²) in [5, 5.41) is 0. The van der Waals surface area contributed by atoms with Crippen molar-refractivity contribution in [1.82, 2.24) is 9.55 Å². The average molecular weight is 383 g/mol. The standard InChI is InChI=1S/C21H23BrN2/c1-14(2)18-12-17(22)13-19(15(3)4)20(18)24-11-10-23-21(24)16-8-6-5-7-9-16/h5-15H,1-4H3. The van der Waals surface area contributed by atoms with Crippen LogP contribution in [0.1, 0.15) is 50.7 Å². The summed E-state index contributed by atoms with van der Waals surface area (Å²) >= 11 is 3.69. The van der Waals surface area contributed by atoms with Crippen LogP contribution in [0.2, 0.25) is 0 Å². The molecule has 24 heavy (non-hydrogen) atoms. The zero-order valence-corrected chi connectivity index (χ0v) is 16.2. The molecule has 0 unspecified atom stereocenters. The van der Waals surface area contributed by atoms with Gasteiger partial charge in [-0.2, -0.15) is 0 Å². The van der Waals surface area contributed by atoms with E-state index in [1.54, 1.807) is 0 Å². The van der Waals surface area contributed by atoms with Crippen LogP contribution in [0.5, 0.6) is 0 Å². The maximum Gasteiger partial charge on any atom is 0.144 e. The summed E-state index contributed by atoms with van der Waals surface area (Å²) in [6.45, 7) is 8.98. The number of nitrogens with zero attached hydrogens (tertiary/aromatic N) is 2. The monoisotopic (exact) mass is 382 g/mol. The molecule has 0 N–H and O–H groups in total. The molecule has 0 aliphatic carbocycles. The molecular formula is C21H23BrN2. The average Bonchev–Trinajstić information content (AvgIpc) is 3.04. The fourth-order valence-electron chi connectivity index (χ4n) is 3.09. The first-order chi connectivity index (χ1) is 11.5. The minimum atomic E-state index is 0.432. The van der Waals surface area contributed by atoms with Crippen molar-refractivity contribution < 1.29 is 0 Å². The van der Waals surface area contributed by atoms with Crippen LogP contribution in [0.3, 0.4) is 0 Å². The number of benzene rings is 2. The summed E-state index contributed by atoms with van der Waals surface area (Å²) in [7, 11) is 0. The quantitative estimate of drug-likeness (QED) is 0.500. The fraction of sp³-hybridized carbons (Fsp3) is 0.286. The van der Waals surface area contributed by atoms with E-state index in [2.05, 4.69) is 95.8 Å². The van der Waals surface area contributed by atoms with Gasteiger partial charge >= 0.3 is 0 Å². The van der Waals surface area contributed by atoms with Crippen molar-refractivity contribution in [3.8, 4) is 17.1 Å². The van der Waals surface area contributed by atoms with Crippen molar-refractivity contribution in [2.75, 3.05) is 0 Å². The van der Waals surface area contributed by atoms with E-state index in [-0.39, 0.29) is 0 Å². The van der Waals surface area contributed by atoms with E-state index in [0.717, 1.165) is 15.9 Å². The van der Waals surface area contributed by atoms with E-state index in [1.807, 2.05) is 12.3 Å². The lowest BCUT2D eigenvalue weighted by Crippen LogP contribution is -2.08. The number of rotatable bonds is 4. The van der Waals surface area contributed by atoms with Crippen LogP contribution >= 0.6 is 15.9 Å². The van der Waals surface area contributed by atoms with E-state index in [0.29, 0.717) is 11.8 Å². The van der Waals surface area contributed by atoms with Gasteiger partial charge in [0.15, 0.2) is 0 Å². The lowest BCUT2D eigenvalue weighted by atomic mass is 9.92. The molecule has 3 rings (SSSR count). The number of aromatic nitrogens is 2. The molecule has 0 amide bonds. The van der Waals surface area contributed by atoms with Crippen molar-refractivity contribution in [3.05, 3.63) is 70.5 Å². The minimum Gasteiger partial charge on any atom is -0.299 e. The van der Waals surface area contributed by atoms with Gasteiger partial charge in [-0.15, -0.1) is 0 Å². The van der Waals surface area contributed by atoms with Crippen LogP contribution in [0.15, 0.2) is 59.3 Å². The molecule has 0 bridgehead atoms. The van der Waals surface area contributed by atoms with Gasteiger partial charge in [0.2, 0.25) is 0 Å². The van der Waals surface area contributed by atoms with Gasteiger partial charge in [-0.1, -0.05) is 74.0 Å². The number of imidazole rings is 1. The summed E-state index contributed by atoms with van der Waals surface area (Å²) in [5.74, 6) is 1.85. The normalized spacial score (nSPS) is 11.5. The first-order valence-electron chi connectivity index (χ1n) is 8.41. The molecule has 0 spiro atoms.